The number of amides is 4. The van der Waals surface area contributed by atoms with Gasteiger partial charge in [-0.05, 0) is 30.2 Å². The molecule has 222 valence electrons. The van der Waals surface area contributed by atoms with Gasteiger partial charge in [0.1, 0.15) is 30.9 Å². The summed E-state index contributed by atoms with van der Waals surface area (Å²) in [5.74, 6) is -2.68. The fraction of sp³-hybridized carbons (Fsp3) is 0.276. The zero-order valence-electron chi connectivity index (χ0n) is 23.1. The Hall–Kier alpha value is -5.24. The van der Waals surface area contributed by atoms with E-state index >= 15 is 0 Å². The average molecular weight is 589 g/mol. The number of benzene rings is 1. The third-order valence-electron chi connectivity index (χ3n) is 7.38. The first-order valence-corrected chi connectivity index (χ1v) is 13.4. The molecule has 2 aliphatic heterocycles. The highest BCUT2D eigenvalue weighted by Crippen LogP contribution is 2.28. The van der Waals surface area contributed by atoms with Gasteiger partial charge in [0.15, 0.2) is 5.69 Å². The number of carbonyl (C=O) groups is 4. The lowest BCUT2D eigenvalue weighted by Crippen LogP contribution is -2.52. The number of aromatic nitrogens is 4. The van der Waals surface area contributed by atoms with Crippen LogP contribution < -0.4 is 16.5 Å². The predicted molar refractivity (Wildman–Crippen MR) is 151 cm³/mol. The smallest absolute Gasteiger partial charge is 0.269 e. The number of alkyl halides is 1. The van der Waals surface area contributed by atoms with E-state index in [2.05, 4.69) is 32.7 Å². The molecule has 4 atom stereocenters. The van der Waals surface area contributed by atoms with Crippen LogP contribution >= 0.6 is 0 Å². The van der Waals surface area contributed by atoms with E-state index in [4.69, 9.17) is 10.6 Å². The van der Waals surface area contributed by atoms with Crippen LogP contribution in [0.4, 0.5) is 4.39 Å². The van der Waals surface area contributed by atoms with Crippen LogP contribution in [0.1, 0.15) is 45.4 Å². The van der Waals surface area contributed by atoms with Crippen LogP contribution in [0.2, 0.25) is 0 Å². The minimum absolute atomic E-state index is 0.0788. The molecular formula is C29H29FN8O5. The molecule has 14 heteroatoms. The molecule has 0 spiro atoms. The largest absolute Gasteiger partial charge is 0.364 e. The summed E-state index contributed by atoms with van der Waals surface area (Å²) < 4.78 is 15.9. The van der Waals surface area contributed by atoms with Crippen LogP contribution in [-0.4, -0.2) is 73.3 Å². The molecule has 0 bridgehead atoms. The Morgan fingerprint density at radius 2 is 2.00 bits per heavy atom. The Labute approximate surface area is 245 Å². The number of hydrogen-bond acceptors (Lipinski definition) is 8. The summed E-state index contributed by atoms with van der Waals surface area (Å²) in [6.45, 7) is 4.75. The maximum Gasteiger partial charge on any atom is 0.269 e. The fourth-order valence-corrected chi connectivity index (χ4v) is 5.16. The molecule has 4 N–H and O–H groups in total. The lowest BCUT2D eigenvalue weighted by Gasteiger charge is -2.25. The highest BCUT2D eigenvalue weighted by Gasteiger charge is 2.44. The summed E-state index contributed by atoms with van der Waals surface area (Å²) in [4.78, 5) is 58.0. The van der Waals surface area contributed by atoms with Gasteiger partial charge in [0, 0.05) is 23.2 Å². The molecule has 0 saturated carbocycles. The van der Waals surface area contributed by atoms with Crippen LogP contribution in [0.15, 0.2) is 61.4 Å². The molecule has 2 saturated heterocycles. The van der Waals surface area contributed by atoms with Crippen molar-refractivity contribution >= 4 is 35.3 Å². The molecule has 5 rings (SSSR count). The van der Waals surface area contributed by atoms with E-state index in [0.29, 0.717) is 28.0 Å². The maximum atomic E-state index is 14.6. The first-order chi connectivity index (χ1) is 20.7. The van der Waals surface area contributed by atoms with Gasteiger partial charge in [-0.3, -0.25) is 28.7 Å². The summed E-state index contributed by atoms with van der Waals surface area (Å²) in [5, 5.41) is 14.5. The monoisotopic (exact) mass is 588 g/mol. The SMILES string of the molecule is C=C/C(=C\c1c(C(N)=O)nn(CC(=O)N2CC(F)CC2C(=O)NC2C(=O)NOC2c2ccccc2)c1C)c1ccnnc1. The number of allylic oxidation sites excluding steroid dienone is 2. The summed E-state index contributed by atoms with van der Waals surface area (Å²) >= 11 is 0. The summed E-state index contributed by atoms with van der Waals surface area (Å²) in [5.41, 5.74) is 10.5. The molecule has 0 radical (unpaired) electrons. The van der Waals surface area contributed by atoms with E-state index in [-0.39, 0.29) is 18.7 Å². The van der Waals surface area contributed by atoms with Crippen molar-refractivity contribution in [3.63, 3.8) is 0 Å². The molecule has 43 heavy (non-hydrogen) atoms. The standard InChI is InChI=1S/C29H29FN8O5/c1-3-17(19-9-10-32-33-13-19)11-21-16(2)38(35-24(21)27(31)40)15-23(39)37-14-20(30)12-22(37)28(41)34-25-26(43-36-29(25)42)18-7-5-4-6-8-18/h3-11,13,20,22,25-26H,1,12,14-15H2,2H3,(H2,31,40)(H,34,41)(H,36,42)/b17-11+. The number of carbonyl (C=O) groups excluding carboxylic acids is 4. The average Bonchev–Trinajstić information content (AvgIpc) is 3.67. The number of likely N-dealkylation sites (tertiary alicyclic amines) is 1. The highest BCUT2D eigenvalue weighted by molar-refractivity contribution is 5.99. The molecule has 1 aromatic carbocycles. The molecule has 4 heterocycles. The molecule has 2 aliphatic rings. The van der Waals surface area contributed by atoms with Crippen LogP contribution in [0, 0.1) is 6.92 Å². The third-order valence-corrected chi connectivity index (χ3v) is 7.38. The molecule has 2 aromatic heterocycles. The Kier molecular flexibility index (Phi) is 8.39. The first kappa shape index (κ1) is 29.3. The van der Waals surface area contributed by atoms with Crippen molar-refractivity contribution in [2.24, 2.45) is 5.73 Å². The van der Waals surface area contributed by atoms with Crippen LogP contribution in [0.25, 0.3) is 11.6 Å². The Morgan fingerprint density at radius 1 is 1.23 bits per heavy atom. The van der Waals surface area contributed by atoms with Gasteiger partial charge in [0.2, 0.25) is 11.8 Å². The van der Waals surface area contributed by atoms with Crippen molar-refractivity contribution in [3.05, 3.63) is 89.5 Å². The topological polar surface area (TPSA) is 174 Å². The molecule has 4 amide bonds. The number of hydrogen-bond donors (Lipinski definition) is 3. The number of halogens is 1. The van der Waals surface area contributed by atoms with Crippen molar-refractivity contribution in [2.75, 3.05) is 6.54 Å². The second-order valence-electron chi connectivity index (χ2n) is 10.1. The minimum Gasteiger partial charge on any atom is -0.364 e. The number of nitrogens with two attached hydrogens (primary N) is 1. The normalized spacial score (nSPS) is 21.9. The zero-order valence-corrected chi connectivity index (χ0v) is 23.1. The summed E-state index contributed by atoms with van der Waals surface area (Å²) in [7, 11) is 0. The molecule has 3 aromatic rings. The molecule has 2 fully saturated rings. The second kappa shape index (κ2) is 12.3. The van der Waals surface area contributed by atoms with E-state index < -0.39 is 54.5 Å². The number of hydroxylamine groups is 1. The molecule has 4 unspecified atom stereocenters. The van der Waals surface area contributed by atoms with Gasteiger partial charge >= 0.3 is 0 Å². The lowest BCUT2D eigenvalue weighted by atomic mass is 10.0. The quantitative estimate of drug-likeness (QED) is 0.311. The Bertz CT molecular complexity index is 1590. The van der Waals surface area contributed by atoms with E-state index in [1.165, 1.54) is 17.1 Å². The maximum absolute atomic E-state index is 14.6. The van der Waals surface area contributed by atoms with Crippen molar-refractivity contribution < 1.29 is 28.4 Å². The van der Waals surface area contributed by atoms with Crippen LogP contribution in [0.3, 0.4) is 0 Å². The summed E-state index contributed by atoms with van der Waals surface area (Å²) in [6, 6.07) is 8.28. The van der Waals surface area contributed by atoms with E-state index in [9.17, 15) is 23.6 Å². The number of primary amides is 1. The third kappa shape index (κ3) is 6.04. The van der Waals surface area contributed by atoms with Gasteiger partial charge in [-0.15, -0.1) is 0 Å². The molecule has 0 aliphatic carbocycles. The van der Waals surface area contributed by atoms with E-state index in [1.54, 1.807) is 55.5 Å². The van der Waals surface area contributed by atoms with Gasteiger partial charge < -0.3 is 16.0 Å². The van der Waals surface area contributed by atoms with Crippen molar-refractivity contribution in [1.29, 1.82) is 0 Å². The fourth-order valence-electron chi connectivity index (χ4n) is 5.16. The Morgan fingerprint density at radius 3 is 2.67 bits per heavy atom. The minimum atomic E-state index is -1.46. The lowest BCUT2D eigenvalue weighted by molar-refractivity contribution is -0.139. The van der Waals surface area contributed by atoms with Crippen molar-refractivity contribution in [1.82, 2.24) is 35.7 Å². The van der Waals surface area contributed by atoms with Gasteiger partial charge in [-0.2, -0.15) is 15.3 Å². The molecular weight excluding hydrogens is 559 g/mol. The Balaban J connectivity index is 1.36. The van der Waals surface area contributed by atoms with Crippen molar-refractivity contribution in [2.45, 2.75) is 44.2 Å². The van der Waals surface area contributed by atoms with Gasteiger partial charge in [-0.1, -0.05) is 43.0 Å². The van der Waals surface area contributed by atoms with Gasteiger partial charge in [0.25, 0.3) is 11.8 Å². The highest BCUT2D eigenvalue weighted by atomic mass is 19.1. The van der Waals surface area contributed by atoms with Crippen LogP contribution in [-0.2, 0) is 25.8 Å². The van der Waals surface area contributed by atoms with Gasteiger partial charge in [0.05, 0.1) is 18.9 Å². The van der Waals surface area contributed by atoms with Gasteiger partial charge in [-0.25, -0.2) is 9.87 Å². The molecule has 13 nitrogen and oxygen atoms in total. The second-order valence-corrected chi connectivity index (χ2v) is 10.1. The van der Waals surface area contributed by atoms with Crippen LogP contribution in [0.5, 0.6) is 0 Å². The number of rotatable bonds is 9. The van der Waals surface area contributed by atoms with E-state index in [0.717, 1.165) is 4.90 Å². The number of nitrogens with zero attached hydrogens (tertiary/aromatic N) is 5. The predicted octanol–water partition coefficient (Wildman–Crippen LogP) is 1.03. The van der Waals surface area contributed by atoms with E-state index in [1.807, 2.05) is 0 Å². The van der Waals surface area contributed by atoms with Crippen molar-refractivity contribution in [3.8, 4) is 0 Å². The summed E-state index contributed by atoms with van der Waals surface area (Å²) in [6.07, 6.45) is 3.73. The first-order valence-electron chi connectivity index (χ1n) is 13.4. The number of nitrogens with one attached hydrogen (secondary N) is 2. The zero-order chi connectivity index (χ0) is 30.7.